The van der Waals surface area contributed by atoms with E-state index < -0.39 is 0 Å². The third-order valence-electron chi connectivity index (χ3n) is 3.60. The number of benzene rings is 2. The van der Waals surface area contributed by atoms with Crippen LogP contribution in [0, 0.1) is 0 Å². The van der Waals surface area contributed by atoms with Gasteiger partial charge < -0.3 is 0 Å². The van der Waals surface area contributed by atoms with Gasteiger partial charge in [-0.2, -0.15) is 0 Å². The van der Waals surface area contributed by atoms with Gasteiger partial charge in [0.15, 0.2) is 0 Å². The van der Waals surface area contributed by atoms with Crippen molar-refractivity contribution >= 4 is 10.8 Å². The van der Waals surface area contributed by atoms with Gasteiger partial charge in [-0.3, -0.25) is 0 Å². The smallest absolute Gasteiger partial charge is 0.0161 e. The molecule has 0 nitrogen and oxygen atoms in total. The van der Waals surface area contributed by atoms with Crippen molar-refractivity contribution in [2.24, 2.45) is 0 Å². The van der Waals surface area contributed by atoms with Gasteiger partial charge >= 0.3 is 0 Å². The zero-order valence-corrected chi connectivity index (χ0v) is 10.0. The average molecular weight is 210 g/mol. The summed E-state index contributed by atoms with van der Waals surface area (Å²) < 4.78 is 0. The van der Waals surface area contributed by atoms with E-state index >= 15 is 0 Å². The molecule has 0 N–H and O–H groups in total. The summed E-state index contributed by atoms with van der Waals surface area (Å²) in [6.07, 6.45) is 2.77. The Morgan fingerprint density at radius 1 is 0.938 bits per heavy atom. The van der Waals surface area contributed by atoms with Gasteiger partial charge in [0.05, 0.1) is 0 Å². The van der Waals surface area contributed by atoms with E-state index in [0.717, 1.165) is 5.92 Å². The first-order chi connectivity index (χ1) is 7.74. The van der Waals surface area contributed by atoms with Gasteiger partial charge in [-0.15, -0.1) is 0 Å². The highest BCUT2D eigenvalue weighted by atomic mass is 14.3. The molecule has 2 aromatic rings. The molecule has 3 rings (SSSR count). The fraction of sp³-hybridized carbons (Fsp3) is 0.375. The van der Waals surface area contributed by atoms with Gasteiger partial charge in [0.1, 0.15) is 0 Å². The molecule has 0 radical (unpaired) electrons. The minimum absolute atomic E-state index is 0.618. The molecule has 1 fully saturated rings. The Kier molecular flexibility index (Phi) is 2.24. The van der Waals surface area contributed by atoms with Crippen LogP contribution in [0.3, 0.4) is 0 Å². The van der Waals surface area contributed by atoms with Gasteiger partial charge in [-0.1, -0.05) is 50.2 Å². The van der Waals surface area contributed by atoms with E-state index in [4.69, 9.17) is 0 Å². The zero-order chi connectivity index (χ0) is 11.1. The van der Waals surface area contributed by atoms with Crippen LogP contribution in [0.15, 0.2) is 36.4 Å². The van der Waals surface area contributed by atoms with Gasteiger partial charge in [-0.25, -0.2) is 0 Å². The second-order valence-corrected chi connectivity index (χ2v) is 5.29. The van der Waals surface area contributed by atoms with E-state index in [1.165, 1.54) is 34.7 Å². The van der Waals surface area contributed by atoms with E-state index in [1.807, 2.05) is 0 Å². The zero-order valence-electron chi connectivity index (χ0n) is 10.0. The first-order valence-corrected chi connectivity index (χ1v) is 6.27. The first-order valence-electron chi connectivity index (χ1n) is 6.27. The van der Waals surface area contributed by atoms with Crippen LogP contribution in [0.4, 0.5) is 0 Å². The molecule has 0 spiro atoms. The minimum atomic E-state index is 0.618. The number of fused-ring (bicyclic) bond motifs is 1. The van der Waals surface area contributed by atoms with Gasteiger partial charge in [0.25, 0.3) is 0 Å². The van der Waals surface area contributed by atoms with Crippen molar-refractivity contribution in [2.45, 2.75) is 38.5 Å². The number of rotatable bonds is 2. The molecule has 1 saturated carbocycles. The molecule has 0 atom stereocenters. The molecule has 0 bridgehead atoms. The summed E-state index contributed by atoms with van der Waals surface area (Å²) in [6, 6.07) is 13.8. The summed E-state index contributed by atoms with van der Waals surface area (Å²) in [7, 11) is 0. The molecule has 0 aliphatic heterocycles. The predicted molar refractivity (Wildman–Crippen MR) is 70.0 cm³/mol. The Labute approximate surface area is 97.3 Å². The fourth-order valence-corrected chi connectivity index (χ4v) is 2.31. The molecule has 16 heavy (non-hydrogen) atoms. The topological polar surface area (TPSA) is 0 Å². The third kappa shape index (κ3) is 1.73. The van der Waals surface area contributed by atoms with Crippen molar-refractivity contribution in [3.63, 3.8) is 0 Å². The lowest BCUT2D eigenvalue weighted by Gasteiger charge is -2.08. The Morgan fingerprint density at radius 3 is 2.31 bits per heavy atom. The summed E-state index contributed by atoms with van der Waals surface area (Å²) in [5.41, 5.74) is 2.97. The average Bonchev–Trinajstić information content (AvgIpc) is 3.11. The first kappa shape index (κ1) is 9.89. The summed E-state index contributed by atoms with van der Waals surface area (Å²) in [6.45, 7) is 4.50. The Balaban J connectivity index is 2.08. The molecule has 0 saturated heterocycles. The predicted octanol–water partition coefficient (Wildman–Crippen LogP) is 4.84. The van der Waals surface area contributed by atoms with Gasteiger partial charge in [0.2, 0.25) is 0 Å². The van der Waals surface area contributed by atoms with Crippen LogP contribution in [-0.4, -0.2) is 0 Å². The lowest BCUT2D eigenvalue weighted by molar-refractivity contribution is 0.869. The van der Waals surface area contributed by atoms with Crippen LogP contribution in [0.5, 0.6) is 0 Å². The second kappa shape index (κ2) is 3.62. The van der Waals surface area contributed by atoms with Crippen molar-refractivity contribution in [3.05, 3.63) is 47.5 Å². The van der Waals surface area contributed by atoms with Crippen LogP contribution in [0.2, 0.25) is 0 Å². The molecule has 0 unspecified atom stereocenters. The number of hydrogen-bond donors (Lipinski definition) is 0. The summed E-state index contributed by atoms with van der Waals surface area (Å²) >= 11 is 0. The second-order valence-electron chi connectivity index (χ2n) is 5.29. The number of hydrogen-bond acceptors (Lipinski definition) is 0. The standard InChI is InChI=1S/C16H18/c1-11(2)13-5-6-16-10-14(12-3-4-12)7-8-15(16)9-13/h5-12H,3-4H2,1-2H3. The molecule has 1 aliphatic carbocycles. The lowest BCUT2D eigenvalue weighted by Crippen LogP contribution is -1.87. The summed E-state index contributed by atoms with van der Waals surface area (Å²) in [5.74, 6) is 1.47. The summed E-state index contributed by atoms with van der Waals surface area (Å²) in [5, 5.41) is 2.78. The van der Waals surface area contributed by atoms with Crippen molar-refractivity contribution in [1.29, 1.82) is 0 Å². The molecule has 2 aromatic carbocycles. The minimum Gasteiger partial charge on any atom is -0.0587 e. The van der Waals surface area contributed by atoms with Crippen LogP contribution in [0.1, 0.15) is 49.7 Å². The van der Waals surface area contributed by atoms with Gasteiger partial charge in [0, 0.05) is 0 Å². The Hall–Kier alpha value is -1.30. The van der Waals surface area contributed by atoms with Crippen molar-refractivity contribution in [2.75, 3.05) is 0 Å². The largest absolute Gasteiger partial charge is 0.0587 e. The van der Waals surface area contributed by atoms with E-state index in [1.54, 1.807) is 0 Å². The van der Waals surface area contributed by atoms with Crippen LogP contribution in [0.25, 0.3) is 10.8 Å². The maximum atomic E-state index is 2.37. The Bertz CT molecular complexity index is 477. The SMILES string of the molecule is CC(C)c1ccc2cc(C3CC3)ccc2c1. The van der Waals surface area contributed by atoms with E-state index in [0.29, 0.717) is 5.92 Å². The maximum absolute atomic E-state index is 2.37. The van der Waals surface area contributed by atoms with Gasteiger partial charge in [-0.05, 0) is 46.6 Å². The van der Waals surface area contributed by atoms with Crippen LogP contribution in [-0.2, 0) is 0 Å². The molecule has 0 aromatic heterocycles. The fourth-order valence-electron chi connectivity index (χ4n) is 2.31. The molecule has 0 heterocycles. The maximum Gasteiger partial charge on any atom is -0.0161 e. The molecule has 0 amide bonds. The molecule has 82 valence electrons. The third-order valence-corrected chi connectivity index (χ3v) is 3.60. The molecule has 1 aliphatic rings. The molecular weight excluding hydrogens is 192 g/mol. The highest BCUT2D eigenvalue weighted by Gasteiger charge is 2.23. The van der Waals surface area contributed by atoms with Crippen molar-refractivity contribution in [1.82, 2.24) is 0 Å². The van der Waals surface area contributed by atoms with Crippen molar-refractivity contribution < 1.29 is 0 Å². The summed E-state index contributed by atoms with van der Waals surface area (Å²) in [4.78, 5) is 0. The highest BCUT2D eigenvalue weighted by molar-refractivity contribution is 5.84. The highest BCUT2D eigenvalue weighted by Crippen LogP contribution is 2.41. The van der Waals surface area contributed by atoms with Crippen LogP contribution < -0.4 is 0 Å². The Morgan fingerprint density at radius 2 is 1.62 bits per heavy atom. The quantitative estimate of drug-likeness (QED) is 0.665. The lowest BCUT2D eigenvalue weighted by atomic mass is 9.97. The monoisotopic (exact) mass is 210 g/mol. The normalized spacial score (nSPS) is 15.9. The molecule has 0 heteroatoms. The van der Waals surface area contributed by atoms with Crippen molar-refractivity contribution in [3.8, 4) is 0 Å². The van der Waals surface area contributed by atoms with E-state index in [-0.39, 0.29) is 0 Å². The molecular formula is C16H18. The van der Waals surface area contributed by atoms with E-state index in [2.05, 4.69) is 50.2 Å². The van der Waals surface area contributed by atoms with E-state index in [9.17, 15) is 0 Å². The van der Waals surface area contributed by atoms with Crippen LogP contribution >= 0.6 is 0 Å².